The molecule has 0 aromatic rings. The van der Waals surface area contributed by atoms with Gasteiger partial charge >= 0.3 is 12.0 Å². The van der Waals surface area contributed by atoms with Crippen molar-refractivity contribution in [2.45, 2.75) is 25.8 Å². The topological polar surface area (TPSA) is 67.9 Å². The summed E-state index contributed by atoms with van der Waals surface area (Å²) in [6.07, 6.45) is 1.95. The Morgan fingerprint density at radius 3 is 2.94 bits per heavy atom. The molecule has 1 N–H and O–H groups in total. The quantitative estimate of drug-likeness (QED) is 0.573. The summed E-state index contributed by atoms with van der Waals surface area (Å²) in [6, 6.07) is -0.854. The van der Waals surface area contributed by atoms with Crippen LogP contribution in [0.5, 0.6) is 0 Å². The Kier molecular flexibility index (Phi) is 5.76. The molecule has 0 bridgehead atoms. The van der Waals surface area contributed by atoms with E-state index < -0.39 is 12.0 Å². The number of unbranched alkanes of at least 4 members (excludes halogenated alkanes) is 1. The summed E-state index contributed by atoms with van der Waals surface area (Å²) in [7, 11) is 1.31. The standard InChI is InChI=1S/C11H20N2O4/c1-3-4-5-12-11(15)13-6-7-17-8-9(13)10(14)16-2/h9H,3-8H2,1-2H3,(H,12,15). The van der Waals surface area contributed by atoms with Crippen molar-refractivity contribution in [3.63, 3.8) is 0 Å². The summed E-state index contributed by atoms with van der Waals surface area (Å²) in [6.45, 7) is 3.75. The monoisotopic (exact) mass is 244 g/mol. The zero-order valence-electron chi connectivity index (χ0n) is 10.4. The SMILES string of the molecule is CCCCNC(=O)N1CCOCC1C(=O)OC. The highest BCUT2D eigenvalue weighted by Crippen LogP contribution is 2.08. The normalized spacial score (nSPS) is 19.9. The molecule has 0 aromatic carbocycles. The first kappa shape index (κ1) is 13.8. The molecule has 17 heavy (non-hydrogen) atoms. The average molecular weight is 244 g/mol. The number of carbonyl (C=O) groups is 2. The molecule has 98 valence electrons. The zero-order valence-corrected chi connectivity index (χ0v) is 10.4. The highest BCUT2D eigenvalue weighted by atomic mass is 16.5. The molecule has 1 saturated heterocycles. The molecule has 0 saturated carbocycles. The summed E-state index contributed by atoms with van der Waals surface area (Å²) >= 11 is 0. The average Bonchev–Trinajstić information content (AvgIpc) is 2.38. The molecule has 1 fully saturated rings. The number of urea groups is 1. The third-order valence-electron chi connectivity index (χ3n) is 2.67. The molecule has 2 amide bonds. The number of hydrogen-bond donors (Lipinski definition) is 1. The van der Waals surface area contributed by atoms with Gasteiger partial charge in [0, 0.05) is 13.1 Å². The fraction of sp³-hybridized carbons (Fsp3) is 0.818. The Morgan fingerprint density at radius 2 is 2.29 bits per heavy atom. The van der Waals surface area contributed by atoms with Crippen LogP contribution in [0.2, 0.25) is 0 Å². The molecular formula is C11H20N2O4. The third-order valence-corrected chi connectivity index (χ3v) is 2.67. The van der Waals surface area contributed by atoms with E-state index in [0.717, 1.165) is 12.8 Å². The number of esters is 1. The summed E-state index contributed by atoms with van der Waals surface area (Å²) < 4.78 is 9.84. The molecule has 1 rings (SSSR count). The minimum Gasteiger partial charge on any atom is -0.467 e. The highest BCUT2D eigenvalue weighted by Gasteiger charge is 2.33. The molecule has 6 nitrogen and oxygen atoms in total. The second-order valence-electron chi connectivity index (χ2n) is 3.89. The molecule has 1 heterocycles. The van der Waals surface area contributed by atoms with Gasteiger partial charge in [-0.05, 0) is 6.42 Å². The highest BCUT2D eigenvalue weighted by molar-refractivity contribution is 5.83. The number of rotatable bonds is 4. The number of ether oxygens (including phenoxy) is 2. The van der Waals surface area contributed by atoms with E-state index in [1.165, 1.54) is 12.0 Å². The molecule has 0 radical (unpaired) electrons. The van der Waals surface area contributed by atoms with E-state index in [1.807, 2.05) is 0 Å². The fourth-order valence-electron chi connectivity index (χ4n) is 1.65. The van der Waals surface area contributed by atoms with Crippen molar-refractivity contribution in [3.8, 4) is 0 Å². The van der Waals surface area contributed by atoms with Gasteiger partial charge in [0.2, 0.25) is 0 Å². The van der Waals surface area contributed by atoms with Crippen LogP contribution in [0, 0.1) is 0 Å². The van der Waals surface area contributed by atoms with Crippen LogP contribution >= 0.6 is 0 Å². The van der Waals surface area contributed by atoms with Gasteiger partial charge < -0.3 is 19.7 Å². The van der Waals surface area contributed by atoms with Crippen LogP contribution in [-0.2, 0) is 14.3 Å². The smallest absolute Gasteiger partial charge is 0.331 e. The second kappa shape index (κ2) is 7.11. The number of carbonyl (C=O) groups excluding carboxylic acids is 2. The molecule has 0 aromatic heterocycles. The van der Waals surface area contributed by atoms with Crippen LogP contribution < -0.4 is 5.32 Å². The van der Waals surface area contributed by atoms with Gasteiger partial charge in [0.25, 0.3) is 0 Å². The fourth-order valence-corrected chi connectivity index (χ4v) is 1.65. The molecular weight excluding hydrogens is 224 g/mol. The number of nitrogens with zero attached hydrogens (tertiary/aromatic N) is 1. The Hall–Kier alpha value is -1.30. The second-order valence-corrected chi connectivity index (χ2v) is 3.89. The molecule has 1 aliphatic rings. The van der Waals surface area contributed by atoms with Crippen LogP contribution in [0.15, 0.2) is 0 Å². The van der Waals surface area contributed by atoms with E-state index in [2.05, 4.69) is 17.0 Å². The molecule has 1 atom stereocenters. The maximum atomic E-state index is 11.9. The number of nitrogens with one attached hydrogen (secondary N) is 1. The van der Waals surface area contributed by atoms with Gasteiger partial charge in [-0.25, -0.2) is 9.59 Å². The zero-order chi connectivity index (χ0) is 12.7. The lowest BCUT2D eigenvalue weighted by molar-refractivity contribution is -0.151. The first-order valence-corrected chi connectivity index (χ1v) is 5.90. The molecule has 0 aliphatic carbocycles. The molecule has 0 spiro atoms. The van der Waals surface area contributed by atoms with Gasteiger partial charge in [0.05, 0.1) is 20.3 Å². The van der Waals surface area contributed by atoms with Crippen molar-refractivity contribution in [2.75, 3.05) is 33.4 Å². The maximum Gasteiger partial charge on any atom is 0.331 e. The van der Waals surface area contributed by atoms with Crippen LogP contribution in [0.4, 0.5) is 4.79 Å². The van der Waals surface area contributed by atoms with E-state index >= 15 is 0 Å². The van der Waals surface area contributed by atoms with Crippen molar-refractivity contribution in [3.05, 3.63) is 0 Å². The lowest BCUT2D eigenvalue weighted by Crippen LogP contribution is -2.56. The summed E-state index contributed by atoms with van der Waals surface area (Å²) in [5.41, 5.74) is 0. The van der Waals surface area contributed by atoms with Gasteiger partial charge in [-0.3, -0.25) is 0 Å². The van der Waals surface area contributed by atoms with Crippen molar-refractivity contribution >= 4 is 12.0 Å². The van der Waals surface area contributed by atoms with Crippen molar-refractivity contribution in [1.29, 1.82) is 0 Å². The van der Waals surface area contributed by atoms with Crippen molar-refractivity contribution < 1.29 is 19.1 Å². The predicted molar refractivity (Wildman–Crippen MR) is 61.6 cm³/mol. The lowest BCUT2D eigenvalue weighted by atomic mass is 10.2. The summed E-state index contributed by atoms with van der Waals surface area (Å²) in [5, 5.41) is 2.79. The van der Waals surface area contributed by atoms with Gasteiger partial charge in [-0.1, -0.05) is 13.3 Å². The Labute approximate surface area is 101 Å². The Morgan fingerprint density at radius 1 is 1.53 bits per heavy atom. The predicted octanol–water partition coefficient (Wildman–Crippen LogP) is 0.370. The first-order chi connectivity index (χ1) is 8.20. The minimum absolute atomic E-state index is 0.202. The number of hydrogen-bond acceptors (Lipinski definition) is 4. The van der Waals surface area contributed by atoms with E-state index in [-0.39, 0.29) is 12.6 Å². The van der Waals surface area contributed by atoms with E-state index in [1.54, 1.807) is 0 Å². The van der Waals surface area contributed by atoms with Crippen molar-refractivity contribution in [1.82, 2.24) is 10.2 Å². The van der Waals surface area contributed by atoms with Gasteiger partial charge in [-0.2, -0.15) is 0 Å². The van der Waals surface area contributed by atoms with E-state index in [0.29, 0.717) is 19.7 Å². The van der Waals surface area contributed by atoms with Gasteiger partial charge in [0.15, 0.2) is 6.04 Å². The molecule has 6 heteroatoms. The largest absolute Gasteiger partial charge is 0.467 e. The van der Waals surface area contributed by atoms with Crippen LogP contribution in [0.1, 0.15) is 19.8 Å². The Bertz CT molecular complexity index is 270. The number of methoxy groups -OCH3 is 1. The summed E-state index contributed by atoms with van der Waals surface area (Å²) in [5.74, 6) is -0.435. The third kappa shape index (κ3) is 3.89. The van der Waals surface area contributed by atoms with Crippen LogP contribution in [-0.4, -0.2) is 56.4 Å². The van der Waals surface area contributed by atoms with E-state index in [4.69, 9.17) is 4.74 Å². The minimum atomic E-state index is -0.629. The number of amides is 2. The molecule has 1 aliphatic heterocycles. The lowest BCUT2D eigenvalue weighted by Gasteiger charge is -2.33. The Balaban J connectivity index is 2.52. The van der Waals surface area contributed by atoms with Gasteiger partial charge in [-0.15, -0.1) is 0 Å². The summed E-state index contributed by atoms with van der Waals surface area (Å²) in [4.78, 5) is 24.8. The van der Waals surface area contributed by atoms with Crippen LogP contribution in [0.25, 0.3) is 0 Å². The van der Waals surface area contributed by atoms with Gasteiger partial charge in [0.1, 0.15) is 0 Å². The van der Waals surface area contributed by atoms with E-state index in [9.17, 15) is 9.59 Å². The van der Waals surface area contributed by atoms with Crippen molar-refractivity contribution in [2.24, 2.45) is 0 Å². The number of morpholine rings is 1. The van der Waals surface area contributed by atoms with Crippen LogP contribution in [0.3, 0.4) is 0 Å². The first-order valence-electron chi connectivity index (χ1n) is 5.90. The maximum absolute atomic E-state index is 11.9. The molecule has 1 unspecified atom stereocenters.